The van der Waals surface area contributed by atoms with Gasteiger partial charge in [0, 0.05) is 0 Å². The van der Waals surface area contributed by atoms with Crippen molar-refractivity contribution >= 4 is 0 Å². The molecule has 0 aromatic carbocycles. The predicted octanol–water partition coefficient (Wildman–Crippen LogP) is -0.0751. The Hall–Kier alpha value is -0.0800. The minimum Gasteiger partial charge on any atom is -0.233 e. The highest BCUT2D eigenvalue weighted by Crippen LogP contribution is 2.38. The van der Waals surface area contributed by atoms with Crippen molar-refractivity contribution in [1.29, 1.82) is 0 Å². The van der Waals surface area contributed by atoms with Crippen LogP contribution in [0.2, 0.25) is 0 Å². The number of hydrazine groups is 1. The lowest BCUT2D eigenvalue weighted by Crippen LogP contribution is -2.13. The van der Waals surface area contributed by atoms with E-state index in [1.807, 2.05) is 0 Å². The molecule has 2 aliphatic rings. The van der Waals surface area contributed by atoms with Crippen LogP contribution in [-0.2, 0) is 0 Å². The molecule has 0 bridgehead atoms. The number of hydrogen-bond donors (Lipinski definition) is 1. The molecule has 0 aliphatic carbocycles. The average Bonchev–Trinajstić information content (AvgIpc) is 2.12. The number of hydrogen-bond acceptors (Lipinski definition) is 2. The van der Waals surface area contributed by atoms with Crippen LogP contribution in [-0.4, -0.2) is 17.2 Å². The molecule has 0 aromatic rings. The first-order valence-electron chi connectivity index (χ1n) is 2.48. The maximum atomic E-state index is 3.13. The molecule has 2 saturated heterocycles. The maximum absolute atomic E-state index is 3.13. The standard InChI is InChI=1S/C4H8N2/c1-2-3-4-5-6(3)4/h3-5H,2H2,1H3. The van der Waals surface area contributed by atoms with Gasteiger partial charge in [-0.25, -0.2) is 10.4 Å². The highest BCUT2D eigenvalue weighted by Gasteiger charge is 2.61. The Labute approximate surface area is 37.1 Å². The third kappa shape index (κ3) is 0.172. The minimum atomic E-state index is 0.815. The summed E-state index contributed by atoms with van der Waals surface area (Å²) in [5.41, 5.74) is 3.13. The molecule has 6 heavy (non-hydrogen) atoms. The molecule has 34 valence electrons. The van der Waals surface area contributed by atoms with Crippen LogP contribution in [0.1, 0.15) is 13.3 Å². The van der Waals surface area contributed by atoms with Crippen LogP contribution in [0.3, 0.4) is 0 Å². The lowest BCUT2D eigenvalue weighted by Gasteiger charge is -1.91. The van der Waals surface area contributed by atoms with Gasteiger partial charge in [0.15, 0.2) is 0 Å². The van der Waals surface area contributed by atoms with Crippen molar-refractivity contribution in [3.63, 3.8) is 0 Å². The van der Waals surface area contributed by atoms with Crippen LogP contribution in [0.15, 0.2) is 0 Å². The van der Waals surface area contributed by atoms with Crippen LogP contribution in [0, 0.1) is 0 Å². The molecule has 2 rings (SSSR count). The lowest BCUT2D eigenvalue weighted by molar-refractivity contribution is 0.518. The topological polar surface area (TPSA) is 25.0 Å². The molecule has 3 atom stereocenters. The van der Waals surface area contributed by atoms with E-state index in [0.29, 0.717) is 0 Å². The number of nitrogens with one attached hydrogen (secondary N) is 1. The van der Waals surface area contributed by atoms with E-state index < -0.39 is 0 Å². The van der Waals surface area contributed by atoms with E-state index in [2.05, 4.69) is 17.4 Å². The van der Waals surface area contributed by atoms with Gasteiger partial charge in [0.1, 0.15) is 6.17 Å². The first kappa shape index (κ1) is 2.99. The van der Waals surface area contributed by atoms with E-state index in [0.717, 1.165) is 12.2 Å². The highest BCUT2D eigenvalue weighted by molar-refractivity contribution is 5.08. The second kappa shape index (κ2) is 0.634. The van der Waals surface area contributed by atoms with Crippen molar-refractivity contribution in [1.82, 2.24) is 10.4 Å². The van der Waals surface area contributed by atoms with E-state index in [-0.39, 0.29) is 0 Å². The highest BCUT2D eigenvalue weighted by atomic mass is 15.9. The predicted molar refractivity (Wildman–Crippen MR) is 22.8 cm³/mol. The first-order chi connectivity index (χ1) is 2.93. The van der Waals surface area contributed by atoms with Crippen molar-refractivity contribution < 1.29 is 0 Å². The molecule has 0 aromatic heterocycles. The molecule has 0 spiro atoms. The third-order valence-electron chi connectivity index (χ3n) is 1.56. The number of nitrogens with zero attached hydrogens (tertiary/aromatic N) is 1. The van der Waals surface area contributed by atoms with E-state index in [1.165, 1.54) is 6.42 Å². The van der Waals surface area contributed by atoms with Crippen molar-refractivity contribution in [2.24, 2.45) is 0 Å². The van der Waals surface area contributed by atoms with Gasteiger partial charge in [-0.2, -0.15) is 0 Å². The first-order valence-corrected chi connectivity index (χ1v) is 2.48. The summed E-state index contributed by atoms with van der Waals surface area (Å²) in [5, 5.41) is 2.26. The second-order valence-electron chi connectivity index (χ2n) is 1.96. The normalized spacial score (nSPS) is 60.5. The minimum absolute atomic E-state index is 0.815. The van der Waals surface area contributed by atoms with Gasteiger partial charge in [-0.3, -0.25) is 0 Å². The van der Waals surface area contributed by atoms with Crippen molar-refractivity contribution in [2.45, 2.75) is 25.6 Å². The largest absolute Gasteiger partial charge is 0.233 e. The van der Waals surface area contributed by atoms with Gasteiger partial charge in [-0.15, -0.1) is 0 Å². The summed E-state index contributed by atoms with van der Waals surface area (Å²) in [6, 6.07) is 0.921. The van der Waals surface area contributed by atoms with E-state index in [4.69, 9.17) is 0 Å². The molecule has 0 saturated carbocycles. The Morgan fingerprint density at radius 2 is 2.50 bits per heavy atom. The fourth-order valence-corrected chi connectivity index (χ4v) is 0.919. The van der Waals surface area contributed by atoms with Gasteiger partial charge in [-0.05, 0) is 6.42 Å². The molecule has 2 heteroatoms. The van der Waals surface area contributed by atoms with Gasteiger partial charge in [-0.1, -0.05) is 6.92 Å². The van der Waals surface area contributed by atoms with Crippen LogP contribution >= 0.6 is 0 Å². The summed E-state index contributed by atoms with van der Waals surface area (Å²) in [6.07, 6.45) is 2.13. The van der Waals surface area contributed by atoms with Gasteiger partial charge in [0.25, 0.3) is 0 Å². The van der Waals surface area contributed by atoms with Crippen molar-refractivity contribution in [2.75, 3.05) is 0 Å². The maximum Gasteiger partial charge on any atom is 0.104 e. The molecule has 0 amide bonds. The number of fused-ring (bicyclic) bond motifs is 1. The Balaban J connectivity index is 1.92. The van der Waals surface area contributed by atoms with Crippen LogP contribution < -0.4 is 5.43 Å². The molecular formula is C4H8N2. The lowest BCUT2D eigenvalue weighted by atomic mass is 10.3. The molecular weight excluding hydrogens is 76.1 g/mol. The summed E-state index contributed by atoms with van der Waals surface area (Å²) < 4.78 is 0. The zero-order valence-electron chi connectivity index (χ0n) is 3.81. The molecule has 2 nitrogen and oxygen atoms in total. The number of rotatable bonds is 1. The van der Waals surface area contributed by atoms with Crippen LogP contribution in [0.25, 0.3) is 0 Å². The smallest absolute Gasteiger partial charge is 0.104 e. The molecule has 1 N–H and O–H groups in total. The van der Waals surface area contributed by atoms with Crippen LogP contribution in [0.4, 0.5) is 0 Å². The summed E-state index contributed by atoms with van der Waals surface area (Å²) in [5.74, 6) is 0. The Bertz CT molecular complexity index is 73.6. The molecule has 2 fully saturated rings. The fraction of sp³-hybridized carbons (Fsp3) is 1.00. The summed E-state index contributed by atoms with van der Waals surface area (Å²) in [4.78, 5) is 0. The Morgan fingerprint density at radius 1 is 1.83 bits per heavy atom. The van der Waals surface area contributed by atoms with Gasteiger partial charge in [0.05, 0.1) is 6.04 Å². The Morgan fingerprint density at radius 3 is 2.50 bits per heavy atom. The second-order valence-corrected chi connectivity index (χ2v) is 1.96. The van der Waals surface area contributed by atoms with Gasteiger partial charge >= 0.3 is 0 Å². The quantitative estimate of drug-likeness (QED) is 0.450. The molecule has 2 heterocycles. The Kier molecular flexibility index (Phi) is 0.316. The zero-order chi connectivity index (χ0) is 4.15. The van der Waals surface area contributed by atoms with E-state index in [1.54, 1.807) is 0 Å². The van der Waals surface area contributed by atoms with Crippen molar-refractivity contribution in [3.8, 4) is 0 Å². The van der Waals surface area contributed by atoms with Gasteiger partial charge < -0.3 is 0 Å². The van der Waals surface area contributed by atoms with E-state index in [9.17, 15) is 0 Å². The SMILES string of the molecule is CCC1C2NN12. The molecule has 0 radical (unpaired) electrons. The van der Waals surface area contributed by atoms with Gasteiger partial charge in [0.2, 0.25) is 0 Å². The summed E-state index contributed by atoms with van der Waals surface area (Å²) in [6.45, 7) is 2.22. The summed E-state index contributed by atoms with van der Waals surface area (Å²) >= 11 is 0. The summed E-state index contributed by atoms with van der Waals surface area (Å²) in [7, 11) is 0. The zero-order valence-corrected chi connectivity index (χ0v) is 3.81. The van der Waals surface area contributed by atoms with E-state index >= 15 is 0 Å². The fourth-order valence-electron chi connectivity index (χ4n) is 0.919. The van der Waals surface area contributed by atoms with Crippen molar-refractivity contribution in [3.05, 3.63) is 0 Å². The third-order valence-corrected chi connectivity index (χ3v) is 1.56. The monoisotopic (exact) mass is 84.1 g/mol. The molecule has 2 aliphatic heterocycles. The average molecular weight is 84.1 g/mol. The van der Waals surface area contributed by atoms with Crippen LogP contribution in [0.5, 0.6) is 0 Å². The molecule has 3 unspecified atom stereocenters.